The SMILES string of the molecule is CC1CCC(Oc2c(F)cc(CCl)cc2F)CC1C. The summed E-state index contributed by atoms with van der Waals surface area (Å²) < 4.78 is 33.1. The summed E-state index contributed by atoms with van der Waals surface area (Å²) >= 11 is 5.58. The van der Waals surface area contributed by atoms with Crippen molar-refractivity contribution in [1.29, 1.82) is 0 Å². The Morgan fingerprint density at radius 2 is 1.79 bits per heavy atom. The first kappa shape index (κ1) is 14.6. The van der Waals surface area contributed by atoms with Gasteiger partial charge in [0.15, 0.2) is 17.4 Å². The van der Waals surface area contributed by atoms with Crippen LogP contribution in [-0.4, -0.2) is 6.10 Å². The van der Waals surface area contributed by atoms with E-state index in [2.05, 4.69) is 13.8 Å². The van der Waals surface area contributed by atoms with Crippen LogP contribution in [0.4, 0.5) is 8.78 Å². The second-order valence-corrected chi connectivity index (χ2v) is 5.80. The maximum absolute atomic E-state index is 13.8. The van der Waals surface area contributed by atoms with E-state index in [1.54, 1.807) is 0 Å². The van der Waals surface area contributed by atoms with Gasteiger partial charge < -0.3 is 4.74 Å². The Hall–Kier alpha value is -0.830. The Labute approximate surface area is 117 Å². The number of hydrogen-bond acceptors (Lipinski definition) is 1. The van der Waals surface area contributed by atoms with Gasteiger partial charge in [-0.3, -0.25) is 0 Å². The first-order chi connectivity index (χ1) is 9.01. The lowest BCUT2D eigenvalue weighted by molar-refractivity contribution is 0.0926. The molecule has 0 N–H and O–H groups in total. The van der Waals surface area contributed by atoms with Gasteiger partial charge >= 0.3 is 0 Å². The van der Waals surface area contributed by atoms with E-state index >= 15 is 0 Å². The molecule has 0 amide bonds. The van der Waals surface area contributed by atoms with E-state index in [-0.39, 0.29) is 17.7 Å². The third kappa shape index (κ3) is 3.38. The first-order valence-corrected chi connectivity index (χ1v) is 7.25. The summed E-state index contributed by atoms with van der Waals surface area (Å²) in [6.07, 6.45) is 2.63. The third-order valence-electron chi connectivity index (χ3n) is 4.05. The summed E-state index contributed by atoms with van der Waals surface area (Å²) in [5.74, 6) is -0.337. The predicted molar refractivity (Wildman–Crippen MR) is 72.5 cm³/mol. The largest absolute Gasteiger partial charge is 0.484 e. The smallest absolute Gasteiger partial charge is 0.191 e. The van der Waals surface area contributed by atoms with Gasteiger partial charge in [-0.15, -0.1) is 11.6 Å². The molecule has 3 unspecified atom stereocenters. The van der Waals surface area contributed by atoms with E-state index in [0.717, 1.165) is 19.3 Å². The third-order valence-corrected chi connectivity index (χ3v) is 4.36. The van der Waals surface area contributed by atoms with E-state index in [1.807, 2.05) is 0 Å². The standard InChI is InChI=1S/C15H19ClF2O/c1-9-3-4-12(5-10(9)2)19-15-13(17)6-11(8-16)7-14(15)18/h6-7,9-10,12H,3-5,8H2,1-2H3. The fourth-order valence-electron chi connectivity index (χ4n) is 2.57. The van der Waals surface area contributed by atoms with Crippen molar-refractivity contribution in [3.05, 3.63) is 29.3 Å². The quantitative estimate of drug-likeness (QED) is 0.718. The molecule has 1 aliphatic rings. The zero-order valence-corrected chi connectivity index (χ0v) is 12.0. The second kappa shape index (κ2) is 6.08. The number of alkyl halides is 1. The summed E-state index contributed by atoms with van der Waals surface area (Å²) in [5, 5.41) is 0. The maximum atomic E-state index is 13.8. The summed E-state index contributed by atoms with van der Waals surface area (Å²) in [6.45, 7) is 4.36. The van der Waals surface area contributed by atoms with E-state index in [4.69, 9.17) is 16.3 Å². The molecular weight excluding hydrogens is 270 g/mol. The molecule has 3 atom stereocenters. The molecule has 1 saturated carbocycles. The highest BCUT2D eigenvalue weighted by Crippen LogP contribution is 2.33. The molecule has 1 aliphatic carbocycles. The van der Waals surface area contributed by atoms with Crippen LogP contribution in [0.2, 0.25) is 0 Å². The van der Waals surface area contributed by atoms with Gasteiger partial charge in [-0.25, -0.2) is 8.78 Å². The molecule has 1 nitrogen and oxygen atoms in total. The zero-order chi connectivity index (χ0) is 14.0. The Kier molecular flexibility index (Phi) is 4.67. The molecule has 0 aromatic heterocycles. The monoisotopic (exact) mass is 288 g/mol. The van der Waals surface area contributed by atoms with Gasteiger partial charge in [0.1, 0.15) is 0 Å². The summed E-state index contributed by atoms with van der Waals surface area (Å²) in [5.41, 5.74) is 0.426. The lowest BCUT2D eigenvalue weighted by Crippen LogP contribution is -2.29. The fraction of sp³-hybridized carbons (Fsp3) is 0.600. The van der Waals surface area contributed by atoms with E-state index in [9.17, 15) is 8.78 Å². The molecule has 1 aromatic carbocycles. The van der Waals surface area contributed by atoms with Crippen LogP contribution in [0.1, 0.15) is 38.7 Å². The van der Waals surface area contributed by atoms with Gasteiger partial charge in [0, 0.05) is 5.88 Å². The van der Waals surface area contributed by atoms with Gasteiger partial charge in [-0.1, -0.05) is 13.8 Å². The topological polar surface area (TPSA) is 9.23 Å². The van der Waals surface area contributed by atoms with Crippen LogP contribution in [0.5, 0.6) is 5.75 Å². The molecule has 0 saturated heterocycles. The van der Waals surface area contributed by atoms with Crippen molar-refractivity contribution in [2.75, 3.05) is 0 Å². The summed E-state index contributed by atoms with van der Waals surface area (Å²) in [6, 6.07) is 2.47. The Morgan fingerprint density at radius 1 is 1.16 bits per heavy atom. The molecular formula is C15H19ClF2O. The molecule has 0 heterocycles. The van der Waals surface area contributed by atoms with Gasteiger partial charge in [0.25, 0.3) is 0 Å². The molecule has 106 valence electrons. The van der Waals surface area contributed by atoms with E-state index < -0.39 is 11.6 Å². The van der Waals surface area contributed by atoms with Gasteiger partial charge in [0.05, 0.1) is 6.10 Å². The van der Waals surface area contributed by atoms with Gasteiger partial charge in [-0.05, 0) is 48.8 Å². The van der Waals surface area contributed by atoms with Crippen molar-refractivity contribution >= 4 is 11.6 Å². The van der Waals surface area contributed by atoms with Crippen LogP contribution in [0.3, 0.4) is 0 Å². The van der Waals surface area contributed by atoms with Gasteiger partial charge in [-0.2, -0.15) is 0 Å². The highest BCUT2D eigenvalue weighted by atomic mass is 35.5. The average Bonchev–Trinajstić information content (AvgIpc) is 2.37. The minimum Gasteiger partial charge on any atom is -0.484 e. The minimum absolute atomic E-state index is 0.0894. The molecule has 0 spiro atoms. The molecule has 2 rings (SSSR count). The normalized spacial score (nSPS) is 27.3. The number of rotatable bonds is 3. The number of halogens is 3. The molecule has 0 bridgehead atoms. The number of benzene rings is 1. The lowest BCUT2D eigenvalue weighted by Gasteiger charge is -2.32. The Bertz CT molecular complexity index is 427. The number of ether oxygens (including phenoxy) is 1. The Balaban J connectivity index is 2.11. The molecule has 19 heavy (non-hydrogen) atoms. The highest BCUT2D eigenvalue weighted by Gasteiger charge is 2.27. The number of hydrogen-bond donors (Lipinski definition) is 0. The van der Waals surface area contributed by atoms with Crippen LogP contribution in [0, 0.1) is 23.5 Å². The maximum Gasteiger partial charge on any atom is 0.191 e. The van der Waals surface area contributed by atoms with Crippen molar-refractivity contribution in [2.45, 2.75) is 45.1 Å². The van der Waals surface area contributed by atoms with Crippen molar-refractivity contribution in [1.82, 2.24) is 0 Å². The molecule has 1 fully saturated rings. The fourth-order valence-corrected chi connectivity index (χ4v) is 2.73. The summed E-state index contributed by atoms with van der Waals surface area (Å²) in [7, 11) is 0. The van der Waals surface area contributed by atoms with Crippen LogP contribution in [-0.2, 0) is 5.88 Å². The lowest BCUT2D eigenvalue weighted by atomic mass is 9.80. The van der Waals surface area contributed by atoms with Crippen LogP contribution < -0.4 is 4.74 Å². The zero-order valence-electron chi connectivity index (χ0n) is 11.3. The van der Waals surface area contributed by atoms with Crippen molar-refractivity contribution in [2.24, 2.45) is 11.8 Å². The van der Waals surface area contributed by atoms with Crippen LogP contribution in [0.15, 0.2) is 12.1 Å². The molecule has 4 heteroatoms. The summed E-state index contributed by atoms with van der Waals surface area (Å²) in [4.78, 5) is 0. The predicted octanol–water partition coefficient (Wildman–Crippen LogP) is 4.91. The van der Waals surface area contributed by atoms with E-state index in [0.29, 0.717) is 17.4 Å². The molecule has 0 aliphatic heterocycles. The van der Waals surface area contributed by atoms with Crippen molar-refractivity contribution in [3.63, 3.8) is 0 Å². The molecule has 0 radical (unpaired) electrons. The van der Waals surface area contributed by atoms with E-state index in [1.165, 1.54) is 12.1 Å². The van der Waals surface area contributed by atoms with Crippen LogP contribution >= 0.6 is 11.6 Å². The second-order valence-electron chi connectivity index (χ2n) is 5.53. The molecule has 1 aromatic rings. The first-order valence-electron chi connectivity index (χ1n) is 6.71. The van der Waals surface area contributed by atoms with Crippen molar-refractivity contribution < 1.29 is 13.5 Å². The Morgan fingerprint density at radius 3 is 2.32 bits per heavy atom. The van der Waals surface area contributed by atoms with Crippen molar-refractivity contribution in [3.8, 4) is 5.75 Å². The highest BCUT2D eigenvalue weighted by molar-refractivity contribution is 6.17. The minimum atomic E-state index is -0.665. The van der Waals surface area contributed by atoms with Gasteiger partial charge in [0.2, 0.25) is 0 Å². The average molecular weight is 289 g/mol. The van der Waals surface area contributed by atoms with Crippen LogP contribution in [0.25, 0.3) is 0 Å².